The molecular weight excluding hydrogens is 328 g/mol. The summed E-state index contributed by atoms with van der Waals surface area (Å²) < 4.78 is 15.7. The van der Waals surface area contributed by atoms with Gasteiger partial charge in [-0.3, -0.25) is 0 Å². The Kier molecular flexibility index (Phi) is 3.47. The molecule has 0 amide bonds. The first-order valence-corrected chi connectivity index (χ1v) is 8.37. The second kappa shape index (κ2) is 5.36. The predicted molar refractivity (Wildman–Crippen MR) is 83.8 cm³/mol. The summed E-state index contributed by atoms with van der Waals surface area (Å²) in [7, 11) is 0. The van der Waals surface area contributed by atoms with Crippen LogP contribution in [-0.4, -0.2) is 40.6 Å². The minimum atomic E-state index is -1.06. The molecule has 0 aromatic carbocycles. The van der Waals surface area contributed by atoms with Gasteiger partial charge in [0.1, 0.15) is 6.10 Å². The van der Waals surface area contributed by atoms with E-state index in [9.17, 15) is 19.8 Å². The van der Waals surface area contributed by atoms with Crippen molar-refractivity contribution in [3.05, 3.63) is 34.8 Å². The maximum atomic E-state index is 12.3. The Labute approximate surface area is 144 Å². The highest BCUT2D eigenvalue weighted by Gasteiger charge is 2.53. The van der Waals surface area contributed by atoms with Crippen molar-refractivity contribution in [3.8, 4) is 0 Å². The number of hydrogen-bond donors (Lipinski definition) is 2. The Hall–Kier alpha value is -2.28. The van der Waals surface area contributed by atoms with Crippen molar-refractivity contribution in [2.24, 2.45) is 11.3 Å². The van der Waals surface area contributed by atoms with E-state index in [2.05, 4.69) is 13.8 Å². The third-order valence-corrected chi connectivity index (χ3v) is 5.53. The van der Waals surface area contributed by atoms with E-state index in [-0.39, 0.29) is 17.4 Å². The largest absolute Gasteiger partial charge is 0.502 e. The third-order valence-electron chi connectivity index (χ3n) is 5.53. The molecule has 1 saturated heterocycles. The van der Waals surface area contributed by atoms with Gasteiger partial charge < -0.3 is 24.4 Å². The molecule has 0 aromatic heterocycles. The summed E-state index contributed by atoms with van der Waals surface area (Å²) in [6.07, 6.45) is 2.54. The fourth-order valence-corrected chi connectivity index (χ4v) is 4.27. The maximum absolute atomic E-state index is 12.3. The lowest BCUT2D eigenvalue weighted by atomic mass is 9.71. The van der Waals surface area contributed by atoms with E-state index in [4.69, 9.17) is 14.2 Å². The lowest BCUT2D eigenvalue weighted by Crippen LogP contribution is -2.31. The molecular formula is C18H20O7. The molecule has 25 heavy (non-hydrogen) atoms. The summed E-state index contributed by atoms with van der Waals surface area (Å²) in [5, 5.41) is 19.6. The molecule has 4 aliphatic rings. The average molecular weight is 348 g/mol. The first-order chi connectivity index (χ1) is 11.8. The first-order valence-electron chi connectivity index (χ1n) is 8.37. The van der Waals surface area contributed by atoms with Gasteiger partial charge in [-0.05, 0) is 35.8 Å². The van der Waals surface area contributed by atoms with Crippen molar-refractivity contribution in [3.63, 3.8) is 0 Å². The molecule has 2 aliphatic heterocycles. The molecule has 1 unspecified atom stereocenters. The van der Waals surface area contributed by atoms with Crippen LogP contribution in [0.4, 0.5) is 0 Å². The van der Waals surface area contributed by atoms with E-state index in [1.54, 1.807) is 0 Å². The zero-order chi connectivity index (χ0) is 17.9. The molecule has 4 atom stereocenters. The average Bonchev–Trinajstić information content (AvgIpc) is 3.15. The topological polar surface area (TPSA) is 102 Å². The van der Waals surface area contributed by atoms with E-state index in [0.29, 0.717) is 18.4 Å². The van der Waals surface area contributed by atoms with Crippen molar-refractivity contribution in [1.82, 2.24) is 0 Å². The SMILES string of the molecule is CC1(C)CC[C@H](O)C2=C1[C@H]1OC(=O)/C(=C/OC3C=C(O)C(=O)O3)[C@H]1C2. The van der Waals surface area contributed by atoms with Gasteiger partial charge in [-0.15, -0.1) is 0 Å². The van der Waals surface area contributed by atoms with E-state index in [1.807, 2.05) is 0 Å². The van der Waals surface area contributed by atoms with Crippen molar-refractivity contribution in [2.45, 2.75) is 51.6 Å². The molecule has 7 nitrogen and oxygen atoms in total. The minimum Gasteiger partial charge on any atom is -0.502 e. The number of fused-ring (bicyclic) bond motifs is 2. The molecule has 2 aliphatic carbocycles. The zero-order valence-electron chi connectivity index (χ0n) is 14.0. The molecule has 2 N–H and O–H groups in total. The number of ether oxygens (including phenoxy) is 3. The number of hydrogen-bond acceptors (Lipinski definition) is 7. The standard InChI is InChI=1S/C18H20O7/c1-18(2)4-3-11(19)9-5-8-10(16(21)25-15(8)14(9)18)7-23-13-6-12(20)17(22)24-13/h6-8,11,13,15,19-20H,3-5H2,1-2H3/b10-7+/t8-,11+,13?,15+/m1/s1. The second-order valence-corrected chi connectivity index (χ2v) is 7.55. The predicted octanol–water partition coefficient (Wildman–Crippen LogP) is 1.63. The van der Waals surface area contributed by atoms with Gasteiger partial charge in [0.05, 0.1) is 17.9 Å². The molecule has 0 radical (unpaired) electrons. The second-order valence-electron chi connectivity index (χ2n) is 7.55. The summed E-state index contributed by atoms with van der Waals surface area (Å²) in [4.78, 5) is 23.4. The van der Waals surface area contributed by atoms with Crippen LogP contribution in [-0.2, 0) is 23.8 Å². The highest BCUT2D eigenvalue weighted by Crippen LogP contribution is 2.54. The molecule has 0 saturated carbocycles. The van der Waals surface area contributed by atoms with Crippen LogP contribution in [0.1, 0.15) is 33.1 Å². The van der Waals surface area contributed by atoms with Crippen molar-refractivity contribution < 1.29 is 34.0 Å². The summed E-state index contributed by atoms with van der Waals surface area (Å²) in [5.41, 5.74) is 2.23. The Bertz CT molecular complexity index is 743. The quantitative estimate of drug-likeness (QED) is 0.338. The Morgan fingerprint density at radius 3 is 2.72 bits per heavy atom. The van der Waals surface area contributed by atoms with Crippen LogP contribution in [0.25, 0.3) is 0 Å². The number of aliphatic hydroxyl groups is 2. The van der Waals surface area contributed by atoms with Crippen molar-refractivity contribution >= 4 is 11.9 Å². The number of cyclic esters (lactones) is 1. The van der Waals surface area contributed by atoms with Crippen LogP contribution in [0.15, 0.2) is 34.8 Å². The molecule has 0 bridgehead atoms. The van der Waals surface area contributed by atoms with Crippen LogP contribution in [0.2, 0.25) is 0 Å². The number of carbonyl (C=O) groups is 2. The maximum Gasteiger partial charge on any atom is 0.376 e. The van der Waals surface area contributed by atoms with Crippen LogP contribution >= 0.6 is 0 Å². The number of carbonyl (C=O) groups excluding carboxylic acids is 2. The summed E-state index contributed by atoms with van der Waals surface area (Å²) >= 11 is 0. The summed E-state index contributed by atoms with van der Waals surface area (Å²) in [6, 6.07) is 0. The molecule has 2 heterocycles. The fourth-order valence-electron chi connectivity index (χ4n) is 4.27. The molecule has 4 rings (SSSR count). The molecule has 1 fully saturated rings. The third kappa shape index (κ3) is 2.45. The lowest BCUT2D eigenvalue weighted by molar-refractivity contribution is -0.154. The summed E-state index contributed by atoms with van der Waals surface area (Å²) in [5.74, 6) is -2.05. The van der Waals surface area contributed by atoms with E-state index >= 15 is 0 Å². The van der Waals surface area contributed by atoms with Gasteiger partial charge in [-0.1, -0.05) is 13.8 Å². The first kappa shape index (κ1) is 16.2. The van der Waals surface area contributed by atoms with E-state index < -0.39 is 30.1 Å². The van der Waals surface area contributed by atoms with Crippen LogP contribution in [0.5, 0.6) is 0 Å². The van der Waals surface area contributed by atoms with Gasteiger partial charge in [0.25, 0.3) is 6.29 Å². The highest BCUT2D eigenvalue weighted by molar-refractivity contribution is 5.92. The minimum absolute atomic E-state index is 0.125. The van der Waals surface area contributed by atoms with Gasteiger partial charge in [0.2, 0.25) is 5.76 Å². The fraction of sp³-hybridized carbons (Fsp3) is 0.556. The normalized spacial score (nSPS) is 37.6. The lowest BCUT2D eigenvalue weighted by Gasteiger charge is -2.36. The van der Waals surface area contributed by atoms with Crippen LogP contribution in [0.3, 0.4) is 0 Å². The number of rotatable bonds is 2. The smallest absolute Gasteiger partial charge is 0.376 e. The van der Waals surface area contributed by atoms with Crippen LogP contribution in [0, 0.1) is 11.3 Å². The van der Waals surface area contributed by atoms with Gasteiger partial charge in [0, 0.05) is 12.0 Å². The van der Waals surface area contributed by atoms with E-state index in [1.165, 1.54) is 6.26 Å². The van der Waals surface area contributed by atoms with Gasteiger partial charge in [0.15, 0.2) is 0 Å². The number of esters is 2. The van der Waals surface area contributed by atoms with E-state index in [0.717, 1.165) is 23.6 Å². The molecule has 7 heteroatoms. The zero-order valence-corrected chi connectivity index (χ0v) is 14.0. The van der Waals surface area contributed by atoms with Crippen LogP contribution < -0.4 is 0 Å². The molecule has 0 aromatic rings. The Morgan fingerprint density at radius 1 is 1.28 bits per heavy atom. The number of aliphatic hydroxyl groups excluding tert-OH is 2. The van der Waals surface area contributed by atoms with Gasteiger partial charge in [-0.2, -0.15) is 0 Å². The highest BCUT2D eigenvalue weighted by atomic mass is 16.7. The van der Waals surface area contributed by atoms with Crippen molar-refractivity contribution in [2.75, 3.05) is 0 Å². The molecule has 134 valence electrons. The molecule has 0 spiro atoms. The van der Waals surface area contributed by atoms with Gasteiger partial charge >= 0.3 is 11.9 Å². The van der Waals surface area contributed by atoms with Gasteiger partial charge in [-0.25, -0.2) is 9.59 Å². The summed E-state index contributed by atoms with van der Waals surface area (Å²) in [6.45, 7) is 4.21. The Balaban J connectivity index is 1.57. The Morgan fingerprint density at radius 2 is 2.04 bits per heavy atom. The van der Waals surface area contributed by atoms with Crippen molar-refractivity contribution in [1.29, 1.82) is 0 Å². The monoisotopic (exact) mass is 348 g/mol.